The fourth-order valence-electron chi connectivity index (χ4n) is 4.51. The molecule has 5 rings (SSSR count). The van der Waals surface area contributed by atoms with Crippen molar-refractivity contribution in [3.8, 4) is 0 Å². The molecule has 1 saturated heterocycles. The van der Waals surface area contributed by atoms with Gasteiger partial charge < -0.3 is 10.2 Å². The Bertz CT molecular complexity index is 1150. The monoisotopic (exact) mass is 437 g/mol. The second-order valence-electron chi connectivity index (χ2n) is 8.38. The maximum Gasteiger partial charge on any atom is 0.262 e. The Hall–Kier alpha value is -2.74. The molecule has 8 heteroatoms. The van der Waals surface area contributed by atoms with Crippen molar-refractivity contribution in [1.82, 2.24) is 19.9 Å². The molecule has 1 fully saturated rings. The van der Waals surface area contributed by atoms with Crippen LogP contribution in [0.1, 0.15) is 48.1 Å². The number of hydrogen-bond donors (Lipinski definition) is 1. The number of thiophene rings is 1. The maximum atomic E-state index is 13.0. The molecular weight excluding hydrogens is 410 g/mol. The first kappa shape index (κ1) is 20.2. The third-order valence-corrected chi connectivity index (χ3v) is 7.45. The summed E-state index contributed by atoms with van der Waals surface area (Å²) in [6.45, 7) is 2.91. The molecule has 2 aliphatic rings. The first-order valence-electron chi connectivity index (χ1n) is 11.2. The molecule has 31 heavy (non-hydrogen) atoms. The summed E-state index contributed by atoms with van der Waals surface area (Å²) in [6.07, 6.45) is 10.4. The molecule has 1 amide bonds. The number of carbonyl (C=O) groups is 1. The summed E-state index contributed by atoms with van der Waals surface area (Å²) in [5.41, 5.74) is 2.15. The van der Waals surface area contributed by atoms with E-state index in [4.69, 9.17) is 0 Å². The van der Waals surface area contributed by atoms with E-state index < -0.39 is 0 Å². The lowest BCUT2D eigenvalue weighted by Gasteiger charge is -2.16. The highest BCUT2D eigenvalue weighted by Gasteiger charge is 2.20. The van der Waals surface area contributed by atoms with Crippen molar-refractivity contribution in [2.24, 2.45) is 0 Å². The second-order valence-corrected chi connectivity index (χ2v) is 9.46. The Morgan fingerprint density at radius 1 is 1.10 bits per heavy atom. The van der Waals surface area contributed by atoms with E-state index in [1.807, 2.05) is 18.3 Å². The number of nitrogens with zero attached hydrogens (tertiary/aromatic N) is 4. The van der Waals surface area contributed by atoms with Gasteiger partial charge in [0.2, 0.25) is 5.91 Å². The van der Waals surface area contributed by atoms with E-state index in [1.54, 1.807) is 22.2 Å². The van der Waals surface area contributed by atoms with Gasteiger partial charge in [0.05, 0.1) is 11.7 Å². The number of nitrogens with one attached hydrogen (secondary N) is 1. The zero-order valence-electron chi connectivity index (χ0n) is 17.6. The number of amides is 1. The lowest BCUT2D eigenvalue weighted by Crippen LogP contribution is -2.27. The molecule has 0 bridgehead atoms. The van der Waals surface area contributed by atoms with Crippen molar-refractivity contribution >= 4 is 33.3 Å². The van der Waals surface area contributed by atoms with Gasteiger partial charge in [-0.25, -0.2) is 9.97 Å². The number of anilines is 1. The number of carbonyl (C=O) groups excluding carboxylic acids is 1. The maximum absolute atomic E-state index is 13.0. The largest absolute Gasteiger partial charge is 0.357 e. The number of fused-ring (bicyclic) bond motifs is 3. The Kier molecular flexibility index (Phi) is 5.72. The van der Waals surface area contributed by atoms with Gasteiger partial charge in [0.25, 0.3) is 5.56 Å². The van der Waals surface area contributed by atoms with Gasteiger partial charge in [-0.05, 0) is 55.7 Å². The van der Waals surface area contributed by atoms with Crippen LogP contribution in [0.5, 0.6) is 0 Å². The van der Waals surface area contributed by atoms with Crippen molar-refractivity contribution in [2.45, 2.75) is 58.0 Å². The minimum Gasteiger partial charge on any atom is -0.357 e. The third kappa shape index (κ3) is 4.21. The van der Waals surface area contributed by atoms with Crippen LogP contribution in [-0.4, -0.2) is 33.5 Å². The number of aromatic nitrogens is 3. The summed E-state index contributed by atoms with van der Waals surface area (Å²) >= 11 is 1.65. The van der Waals surface area contributed by atoms with Gasteiger partial charge in [-0.3, -0.25) is 14.2 Å². The molecule has 4 heterocycles. The Balaban J connectivity index is 1.18. The highest BCUT2D eigenvalue weighted by molar-refractivity contribution is 7.18. The molecular formula is C23H27N5O2S. The lowest BCUT2D eigenvalue weighted by molar-refractivity contribution is -0.121. The van der Waals surface area contributed by atoms with E-state index >= 15 is 0 Å². The summed E-state index contributed by atoms with van der Waals surface area (Å²) in [6, 6.07) is 4.04. The number of hydrogen-bond acceptors (Lipinski definition) is 6. The molecule has 7 nitrogen and oxygen atoms in total. The number of rotatable bonds is 6. The van der Waals surface area contributed by atoms with E-state index in [1.165, 1.54) is 29.7 Å². The molecule has 0 saturated carbocycles. The van der Waals surface area contributed by atoms with Crippen LogP contribution in [0.4, 0.5) is 5.82 Å². The SMILES string of the molecule is O=C(CCn1cnc2sc3c(c2c1=O)CCCC3)NCc1ccc(N2CCCC2)nc1. The fourth-order valence-corrected chi connectivity index (χ4v) is 5.73. The molecule has 1 N–H and O–H groups in total. The van der Waals surface area contributed by atoms with E-state index in [0.717, 1.165) is 53.9 Å². The van der Waals surface area contributed by atoms with Crippen LogP contribution < -0.4 is 15.8 Å². The van der Waals surface area contributed by atoms with E-state index in [9.17, 15) is 9.59 Å². The lowest BCUT2D eigenvalue weighted by atomic mass is 9.97. The van der Waals surface area contributed by atoms with Gasteiger partial charge in [-0.1, -0.05) is 6.07 Å². The predicted molar refractivity (Wildman–Crippen MR) is 123 cm³/mol. The van der Waals surface area contributed by atoms with Crippen molar-refractivity contribution in [2.75, 3.05) is 18.0 Å². The summed E-state index contributed by atoms with van der Waals surface area (Å²) < 4.78 is 1.58. The van der Waals surface area contributed by atoms with Crippen LogP contribution in [0, 0.1) is 0 Å². The smallest absolute Gasteiger partial charge is 0.262 e. The van der Waals surface area contributed by atoms with Crippen LogP contribution in [0.2, 0.25) is 0 Å². The zero-order chi connectivity index (χ0) is 21.2. The summed E-state index contributed by atoms with van der Waals surface area (Å²) in [5.74, 6) is 0.924. The average molecular weight is 438 g/mol. The van der Waals surface area contributed by atoms with Crippen molar-refractivity contribution < 1.29 is 4.79 Å². The first-order chi connectivity index (χ1) is 15.2. The molecule has 0 spiro atoms. The Labute approximate surface area is 185 Å². The molecule has 1 aliphatic heterocycles. The molecule has 1 aliphatic carbocycles. The minimum atomic E-state index is -0.0806. The van der Waals surface area contributed by atoms with E-state index in [-0.39, 0.29) is 17.9 Å². The summed E-state index contributed by atoms with van der Waals surface area (Å²) in [7, 11) is 0. The fraction of sp³-hybridized carbons (Fsp3) is 0.478. The predicted octanol–water partition coefficient (Wildman–Crippen LogP) is 3.04. The van der Waals surface area contributed by atoms with Crippen LogP contribution in [0.15, 0.2) is 29.5 Å². The van der Waals surface area contributed by atoms with Crippen LogP contribution in [-0.2, 0) is 30.7 Å². The van der Waals surface area contributed by atoms with Crippen LogP contribution >= 0.6 is 11.3 Å². The van der Waals surface area contributed by atoms with Gasteiger partial charge in [0.15, 0.2) is 0 Å². The molecule has 3 aromatic rings. The van der Waals surface area contributed by atoms with Gasteiger partial charge in [0.1, 0.15) is 10.6 Å². The van der Waals surface area contributed by atoms with Gasteiger partial charge >= 0.3 is 0 Å². The molecule has 0 atom stereocenters. The second kappa shape index (κ2) is 8.78. The molecule has 162 valence electrons. The summed E-state index contributed by atoms with van der Waals surface area (Å²) in [5, 5.41) is 3.70. The van der Waals surface area contributed by atoms with Crippen molar-refractivity contribution in [3.63, 3.8) is 0 Å². The van der Waals surface area contributed by atoms with Gasteiger partial charge in [-0.15, -0.1) is 11.3 Å². The first-order valence-corrected chi connectivity index (χ1v) is 12.0. The van der Waals surface area contributed by atoms with Gasteiger partial charge in [0, 0.05) is 43.7 Å². The van der Waals surface area contributed by atoms with E-state index in [0.29, 0.717) is 13.1 Å². The third-order valence-electron chi connectivity index (χ3n) is 6.25. The Morgan fingerprint density at radius 2 is 1.94 bits per heavy atom. The van der Waals surface area contributed by atoms with Crippen LogP contribution in [0.3, 0.4) is 0 Å². The normalized spacial score (nSPS) is 15.9. The minimum absolute atomic E-state index is 0.0149. The number of pyridine rings is 1. The molecule has 3 aromatic heterocycles. The average Bonchev–Trinajstić information content (AvgIpc) is 3.46. The molecule has 0 unspecified atom stereocenters. The standard InChI is InChI=1S/C23H27N5O2S/c29-20(25-14-16-7-8-19(24-13-16)27-10-3-4-11-27)9-12-28-15-26-22-21(23(28)30)17-5-1-2-6-18(17)31-22/h7-8,13,15H,1-6,9-12,14H2,(H,25,29). The molecule has 0 radical (unpaired) electrons. The van der Waals surface area contributed by atoms with Crippen molar-refractivity contribution in [1.29, 1.82) is 0 Å². The quantitative estimate of drug-likeness (QED) is 0.641. The topological polar surface area (TPSA) is 80.1 Å². The molecule has 0 aromatic carbocycles. The Morgan fingerprint density at radius 3 is 2.74 bits per heavy atom. The van der Waals surface area contributed by atoms with Gasteiger partial charge in [-0.2, -0.15) is 0 Å². The highest BCUT2D eigenvalue weighted by atomic mass is 32.1. The zero-order valence-corrected chi connectivity index (χ0v) is 18.4. The summed E-state index contributed by atoms with van der Waals surface area (Å²) in [4.78, 5) is 38.8. The highest BCUT2D eigenvalue weighted by Crippen LogP contribution is 2.33. The van der Waals surface area contributed by atoms with Crippen molar-refractivity contribution in [3.05, 3.63) is 51.0 Å². The van der Waals surface area contributed by atoms with E-state index in [2.05, 4.69) is 20.2 Å². The number of aryl methyl sites for hydroxylation is 3. The van der Waals surface area contributed by atoms with Crippen LogP contribution in [0.25, 0.3) is 10.2 Å².